The van der Waals surface area contributed by atoms with Crippen LogP contribution in [-0.4, -0.2) is 63.2 Å². The van der Waals surface area contributed by atoms with E-state index in [0.29, 0.717) is 0 Å². The lowest BCUT2D eigenvalue weighted by molar-refractivity contribution is -0.0106. The fourth-order valence-corrected chi connectivity index (χ4v) is 6.82. The summed E-state index contributed by atoms with van der Waals surface area (Å²) in [6.07, 6.45) is 0. The Morgan fingerprint density at radius 2 is 0.905 bits per heavy atom. The van der Waals surface area contributed by atoms with E-state index in [2.05, 4.69) is 8.37 Å². The fourth-order valence-electron chi connectivity index (χ4n) is 2.74. The largest absolute Gasteiger partial charge is 0.399 e. The van der Waals surface area contributed by atoms with Crippen LogP contribution >= 0.6 is 0 Å². The van der Waals surface area contributed by atoms with Gasteiger partial charge in [0, 0.05) is 10.8 Å². The minimum absolute atomic E-state index is 0.382. The molecule has 3 aliphatic heterocycles. The molecule has 122 valence electrons. The van der Waals surface area contributed by atoms with Crippen molar-refractivity contribution in [2.24, 2.45) is 10.8 Å². The van der Waals surface area contributed by atoms with Gasteiger partial charge in [0.2, 0.25) is 0 Å². The summed E-state index contributed by atoms with van der Waals surface area (Å²) < 4.78 is 88.0. The zero-order valence-corrected chi connectivity index (χ0v) is 13.0. The highest BCUT2D eigenvalue weighted by atomic mass is 32.3. The molecular formula is C8H12O10S3. The maximum Gasteiger partial charge on any atom is 0.399 e. The van der Waals surface area contributed by atoms with E-state index in [0.717, 1.165) is 0 Å². The van der Waals surface area contributed by atoms with Crippen molar-refractivity contribution in [2.45, 2.75) is 0 Å². The van der Waals surface area contributed by atoms with Gasteiger partial charge in [-0.15, -0.1) is 0 Å². The maximum atomic E-state index is 11.6. The molecule has 2 unspecified atom stereocenters. The zero-order chi connectivity index (χ0) is 15.6. The molecular weight excluding hydrogens is 352 g/mol. The molecule has 0 aromatic heterocycles. The van der Waals surface area contributed by atoms with E-state index in [1.165, 1.54) is 0 Å². The Hall–Kier alpha value is -0.310. The molecule has 3 fully saturated rings. The molecule has 0 N–H and O–H groups in total. The SMILES string of the molecule is O=S1(=O)CC2(CO1)COS(=O)(=O)OCC21COS(=O)(=O)C1. The van der Waals surface area contributed by atoms with Crippen LogP contribution in [0.2, 0.25) is 0 Å². The molecule has 2 spiro atoms. The Morgan fingerprint density at radius 1 is 0.571 bits per heavy atom. The minimum atomic E-state index is -4.32. The molecule has 3 aliphatic rings. The van der Waals surface area contributed by atoms with Gasteiger partial charge in [-0.05, 0) is 0 Å². The van der Waals surface area contributed by atoms with Crippen molar-refractivity contribution in [1.29, 1.82) is 0 Å². The van der Waals surface area contributed by atoms with Crippen LogP contribution in [0.5, 0.6) is 0 Å². The maximum absolute atomic E-state index is 11.6. The Morgan fingerprint density at radius 3 is 1.19 bits per heavy atom. The number of hydrogen-bond acceptors (Lipinski definition) is 10. The van der Waals surface area contributed by atoms with E-state index in [1.54, 1.807) is 0 Å². The van der Waals surface area contributed by atoms with Gasteiger partial charge in [0.25, 0.3) is 20.2 Å². The first kappa shape index (κ1) is 15.6. The van der Waals surface area contributed by atoms with Crippen LogP contribution in [0.15, 0.2) is 0 Å². The van der Waals surface area contributed by atoms with Crippen molar-refractivity contribution in [3.63, 3.8) is 0 Å². The molecule has 0 bridgehead atoms. The van der Waals surface area contributed by atoms with E-state index in [-0.39, 0.29) is 13.2 Å². The third kappa shape index (κ3) is 2.60. The average Bonchev–Trinajstić information content (AvgIpc) is 2.81. The second kappa shape index (κ2) is 4.37. The lowest BCUT2D eigenvalue weighted by Gasteiger charge is -2.38. The molecule has 3 rings (SSSR count). The quantitative estimate of drug-likeness (QED) is 0.442. The van der Waals surface area contributed by atoms with Crippen molar-refractivity contribution in [3.8, 4) is 0 Å². The van der Waals surface area contributed by atoms with E-state index >= 15 is 0 Å². The molecule has 10 nitrogen and oxygen atoms in total. The summed E-state index contributed by atoms with van der Waals surface area (Å²) in [4.78, 5) is 0. The first-order chi connectivity index (χ1) is 9.49. The third-order valence-corrected chi connectivity index (χ3v) is 7.60. The third-order valence-electron chi connectivity index (χ3n) is 4.02. The van der Waals surface area contributed by atoms with Gasteiger partial charge < -0.3 is 0 Å². The highest BCUT2D eigenvalue weighted by Gasteiger charge is 2.65. The van der Waals surface area contributed by atoms with Gasteiger partial charge in [-0.3, -0.25) is 8.37 Å². The van der Waals surface area contributed by atoms with Gasteiger partial charge in [0.1, 0.15) is 0 Å². The summed E-state index contributed by atoms with van der Waals surface area (Å²) in [5.74, 6) is -1.12. The monoisotopic (exact) mass is 364 g/mol. The summed E-state index contributed by atoms with van der Waals surface area (Å²) in [6.45, 7) is -1.86. The molecule has 3 heterocycles. The van der Waals surface area contributed by atoms with E-state index in [4.69, 9.17) is 8.37 Å². The topological polar surface area (TPSA) is 139 Å². The summed E-state index contributed by atoms with van der Waals surface area (Å²) in [7, 11) is -12.1. The van der Waals surface area contributed by atoms with Crippen LogP contribution < -0.4 is 0 Å². The second-order valence-electron chi connectivity index (χ2n) is 5.42. The first-order valence-corrected chi connectivity index (χ1v) is 10.3. The lowest BCUT2D eigenvalue weighted by atomic mass is 9.67. The number of hydrogen-bond donors (Lipinski definition) is 0. The van der Waals surface area contributed by atoms with Crippen LogP contribution in [0.25, 0.3) is 0 Å². The highest BCUT2D eigenvalue weighted by molar-refractivity contribution is 7.87. The van der Waals surface area contributed by atoms with Crippen LogP contribution in [0.3, 0.4) is 0 Å². The Labute approximate surface area is 121 Å². The molecule has 0 aliphatic carbocycles. The molecule has 0 radical (unpaired) electrons. The molecule has 21 heavy (non-hydrogen) atoms. The summed E-state index contributed by atoms with van der Waals surface area (Å²) in [5.41, 5.74) is -2.72. The summed E-state index contributed by atoms with van der Waals surface area (Å²) >= 11 is 0. The number of fused-ring (bicyclic) bond motifs is 1. The predicted octanol–water partition coefficient (Wildman–Crippen LogP) is -2.03. The first-order valence-electron chi connectivity index (χ1n) is 5.77. The van der Waals surface area contributed by atoms with Crippen molar-refractivity contribution in [3.05, 3.63) is 0 Å². The lowest BCUT2D eigenvalue weighted by Crippen LogP contribution is -2.52. The number of rotatable bonds is 0. The highest BCUT2D eigenvalue weighted by Crippen LogP contribution is 2.51. The van der Waals surface area contributed by atoms with Gasteiger partial charge in [0.15, 0.2) is 0 Å². The van der Waals surface area contributed by atoms with Gasteiger partial charge in [-0.2, -0.15) is 25.3 Å². The van der Waals surface area contributed by atoms with Gasteiger partial charge in [-0.25, -0.2) is 8.37 Å². The smallest absolute Gasteiger partial charge is 0.269 e. The predicted molar refractivity (Wildman–Crippen MR) is 65.2 cm³/mol. The zero-order valence-electron chi connectivity index (χ0n) is 10.5. The van der Waals surface area contributed by atoms with Crippen molar-refractivity contribution < 1.29 is 42.0 Å². The van der Waals surface area contributed by atoms with Crippen LogP contribution in [0.1, 0.15) is 0 Å². The van der Waals surface area contributed by atoms with Crippen LogP contribution in [0.4, 0.5) is 0 Å². The molecule has 0 aromatic carbocycles. The van der Waals surface area contributed by atoms with Crippen LogP contribution in [0, 0.1) is 10.8 Å². The van der Waals surface area contributed by atoms with Gasteiger partial charge >= 0.3 is 10.4 Å². The second-order valence-corrected chi connectivity index (χ2v) is 9.99. The standard InChI is InChI=1S/C8H12O10S3/c9-19(10)5-7(1-15-19)3-17-21(13,14)18-4-8(7)2-16-20(11,12)6-8/h1-6H2. The van der Waals surface area contributed by atoms with E-state index in [9.17, 15) is 25.3 Å². The van der Waals surface area contributed by atoms with E-state index < -0.39 is 66.2 Å². The minimum Gasteiger partial charge on any atom is -0.269 e. The molecule has 13 heteroatoms. The molecule has 0 aromatic rings. The van der Waals surface area contributed by atoms with Gasteiger partial charge in [-0.1, -0.05) is 0 Å². The van der Waals surface area contributed by atoms with Crippen molar-refractivity contribution >= 4 is 30.6 Å². The Kier molecular flexibility index (Phi) is 3.24. The molecule has 3 saturated heterocycles. The van der Waals surface area contributed by atoms with Crippen molar-refractivity contribution in [2.75, 3.05) is 37.9 Å². The fraction of sp³-hybridized carbons (Fsp3) is 1.00. The molecule has 0 amide bonds. The summed E-state index contributed by atoms with van der Waals surface area (Å²) in [6, 6.07) is 0. The van der Waals surface area contributed by atoms with Crippen LogP contribution in [-0.2, 0) is 47.4 Å². The van der Waals surface area contributed by atoms with Crippen molar-refractivity contribution in [1.82, 2.24) is 0 Å². The normalized spacial score (nSPS) is 44.0. The van der Waals surface area contributed by atoms with Gasteiger partial charge in [0.05, 0.1) is 37.9 Å². The Balaban J connectivity index is 2.10. The van der Waals surface area contributed by atoms with E-state index in [1.807, 2.05) is 0 Å². The average molecular weight is 364 g/mol. The molecule has 0 saturated carbocycles. The Bertz CT molecular complexity index is 689. The summed E-state index contributed by atoms with van der Waals surface area (Å²) in [5, 5.41) is 0. The molecule has 2 atom stereocenters.